The van der Waals surface area contributed by atoms with Gasteiger partial charge in [-0.25, -0.2) is 0 Å². The van der Waals surface area contributed by atoms with Crippen LogP contribution >= 0.6 is 0 Å². The van der Waals surface area contributed by atoms with Crippen LogP contribution in [0.15, 0.2) is 48.1 Å². The molecule has 1 aliphatic carbocycles. The number of fused-ring (bicyclic) bond motifs is 1. The molecule has 0 aromatic heterocycles. The fraction of sp³-hybridized carbons (Fsp3) is 0.400. The second-order valence-electron chi connectivity index (χ2n) is 8.32. The van der Waals surface area contributed by atoms with E-state index in [0.29, 0.717) is 0 Å². The van der Waals surface area contributed by atoms with Gasteiger partial charge in [0, 0.05) is 24.1 Å². The molecule has 0 spiro atoms. The number of benzene rings is 1. The van der Waals surface area contributed by atoms with E-state index in [0.717, 1.165) is 29.2 Å². The van der Waals surface area contributed by atoms with Gasteiger partial charge in [-0.1, -0.05) is 32.1 Å². The van der Waals surface area contributed by atoms with Crippen molar-refractivity contribution in [3.63, 3.8) is 0 Å². The summed E-state index contributed by atoms with van der Waals surface area (Å²) in [4.78, 5) is 62.8. The third kappa shape index (κ3) is 5.55. The number of carbonyl (C=O) groups excluding carboxylic acids is 5. The molecular formula is C25H26F3N3O5. The van der Waals surface area contributed by atoms with Crippen LogP contribution in [-0.2, 0) is 25.4 Å². The molecule has 2 N–H and O–H groups in total. The summed E-state index contributed by atoms with van der Waals surface area (Å²) in [5, 5.41) is 4.78. The molecule has 1 aromatic carbocycles. The molecule has 1 aromatic rings. The van der Waals surface area contributed by atoms with E-state index in [9.17, 15) is 37.1 Å². The van der Waals surface area contributed by atoms with Crippen molar-refractivity contribution in [3.05, 3.63) is 59.2 Å². The topological polar surface area (TPSA) is 113 Å². The number of likely N-dealkylation sites (tertiary alicyclic amines) is 1. The lowest BCUT2D eigenvalue weighted by atomic mass is 9.91. The van der Waals surface area contributed by atoms with Crippen LogP contribution in [0.3, 0.4) is 0 Å². The minimum atomic E-state index is -4.50. The third-order valence-electron chi connectivity index (χ3n) is 6.10. The van der Waals surface area contributed by atoms with Crippen LogP contribution in [0.1, 0.15) is 49.0 Å². The minimum Gasteiger partial charge on any atom is -0.351 e. The lowest BCUT2D eigenvalue weighted by Gasteiger charge is -2.28. The van der Waals surface area contributed by atoms with E-state index >= 15 is 0 Å². The van der Waals surface area contributed by atoms with E-state index in [1.165, 1.54) is 6.08 Å². The van der Waals surface area contributed by atoms with E-state index in [2.05, 4.69) is 10.6 Å². The Morgan fingerprint density at radius 1 is 1.11 bits per heavy atom. The summed E-state index contributed by atoms with van der Waals surface area (Å²) in [6, 6.07) is 2.76. The zero-order valence-electron chi connectivity index (χ0n) is 19.7. The molecule has 3 aliphatic rings. The van der Waals surface area contributed by atoms with Gasteiger partial charge in [-0.2, -0.15) is 13.2 Å². The first-order chi connectivity index (χ1) is 17.1. The largest absolute Gasteiger partial charge is 0.416 e. The summed E-state index contributed by atoms with van der Waals surface area (Å²) in [6.07, 6.45) is 0.620. The SMILES string of the molecule is CC.O=C1CCC(N2C(=O)C3=CC=CC(CNC(=O)c4ccc(C(F)(F)F)cc4)CC3C2=O)C(=O)N1. The first kappa shape index (κ1) is 26.8. The molecule has 2 fully saturated rings. The Kier molecular flexibility index (Phi) is 8.11. The minimum absolute atomic E-state index is 0.0235. The van der Waals surface area contributed by atoms with Gasteiger partial charge in [0.25, 0.3) is 11.8 Å². The molecule has 2 saturated heterocycles. The number of hydrogen-bond donors (Lipinski definition) is 2. The smallest absolute Gasteiger partial charge is 0.351 e. The van der Waals surface area contributed by atoms with Gasteiger partial charge in [-0.05, 0) is 43.0 Å². The van der Waals surface area contributed by atoms with Crippen LogP contribution in [0.25, 0.3) is 0 Å². The molecule has 2 aliphatic heterocycles. The molecule has 192 valence electrons. The molecule has 0 radical (unpaired) electrons. The van der Waals surface area contributed by atoms with Crippen molar-refractivity contribution >= 4 is 29.5 Å². The first-order valence-corrected chi connectivity index (χ1v) is 11.6. The quantitative estimate of drug-likeness (QED) is 0.612. The zero-order chi connectivity index (χ0) is 26.6. The predicted octanol–water partition coefficient (Wildman–Crippen LogP) is 2.75. The number of rotatable bonds is 4. The van der Waals surface area contributed by atoms with Gasteiger partial charge in [0.15, 0.2) is 0 Å². The fourth-order valence-corrected chi connectivity index (χ4v) is 4.31. The molecule has 5 amide bonds. The summed E-state index contributed by atoms with van der Waals surface area (Å²) in [7, 11) is 0. The van der Waals surface area contributed by atoms with Crippen LogP contribution in [-0.4, -0.2) is 47.0 Å². The summed E-state index contributed by atoms with van der Waals surface area (Å²) in [5.74, 6) is -3.97. The Morgan fingerprint density at radius 2 is 1.78 bits per heavy atom. The van der Waals surface area contributed by atoms with Gasteiger partial charge in [-0.3, -0.25) is 34.2 Å². The van der Waals surface area contributed by atoms with Gasteiger partial charge >= 0.3 is 6.18 Å². The number of nitrogens with one attached hydrogen (secondary N) is 2. The monoisotopic (exact) mass is 505 g/mol. The number of piperidine rings is 1. The number of allylic oxidation sites excluding steroid dienone is 2. The van der Waals surface area contributed by atoms with Crippen LogP contribution < -0.4 is 10.6 Å². The van der Waals surface area contributed by atoms with Crippen LogP contribution in [0, 0.1) is 11.8 Å². The molecule has 0 bridgehead atoms. The molecule has 3 atom stereocenters. The highest BCUT2D eigenvalue weighted by Crippen LogP contribution is 2.36. The van der Waals surface area contributed by atoms with Gasteiger partial charge in [0.1, 0.15) is 6.04 Å². The molecule has 3 unspecified atom stereocenters. The van der Waals surface area contributed by atoms with Crippen LogP contribution in [0.5, 0.6) is 0 Å². The number of carbonyl (C=O) groups is 5. The van der Waals surface area contributed by atoms with E-state index in [4.69, 9.17) is 0 Å². The van der Waals surface area contributed by atoms with Gasteiger partial charge in [0.2, 0.25) is 17.7 Å². The van der Waals surface area contributed by atoms with Crippen molar-refractivity contribution < 1.29 is 37.1 Å². The van der Waals surface area contributed by atoms with Crippen molar-refractivity contribution in [2.24, 2.45) is 11.8 Å². The second-order valence-corrected chi connectivity index (χ2v) is 8.32. The number of halogens is 3. The van der Waals surface area contributed by atoms with E-state index in [1.807, 2.05) is 13.8 Å². The highest BCUT2D eigenvalue weighted by molar-refractivity contribution is 6.18. The Hall–Kier alpha value is -3.76. The summed E-state index contributed by atoms with van der Waals surface area (Å²) in [6.45, 7) is 4.09. The van der Waals surface area contributed by atoms with E-state index in [1.54, 1.807) is 12.2 Å². The summed E-state index contributed by atoms with van der Waals surface area (Å²) >= 11 is 0. The summed E-state index contributed by atoms with van der Waals surface area (Å²) < 4.78 is 38.1. The van der Waals surface area contributed by atoms with E-state index in [-0.39, 0.29) is 42.9 Å². The van der Waals surface area contributed by atoms with Crippen molar-refractivity contribution in [1.29, 1.82) is 0 Å². The first-order valence-electron chi connectivity index (χ1n) is 11.6. The lowest BCUT2D eigenvalue weighted by molar-refractivity contribution is -0.151. The molecular weight excluding hydrogens is 479 g/mol. The van der Waals surface area contributed by atoms with Gasteiger partial charge in [0.05, 0.1) is 11.5 Å². The number of imide groups is 2. The zero-order valence-corrected chi connectivity index (χ0v) is 19.7. The normalized spacial score (nSPS) is 23.8. The number of hydrogen-bond acceptors (Lipinski definition) is 5. The van der Waals surface area contributed by atoms with Crippen LogP contribution in [0.4, 0.5) is 13.2 Å². The maximum absolute atomic E-state index is 13.0. The Morgan fingerprint density at radius 3 is 2.39 bits per heavy atom. The Labute approximate surface area is 205 Å². The van der Waals surface area contributed by atoms with Gasteiger partial charge < -0.3 is 5.32 Å². The van der Waals surface area contributed by atoms with Crippen molar-refractivity contribution in [2.75, 3.05) is 6.54 Å². The molecule has 0 saturated carbocycles. The standard InChI is InChI=1S/C23H20F3N3O5.C2H6/c24-23(25,26)14-6-4-13(5-7-14)19(31)27-11-12-2-1-3-15-16(10-12)22(34)29(21(15)33)17-8-9-18(30)28-20(17)32;1-2/h1-7,12,16-17H,8-11H2,(H,27,31)(H,28,30,32);1-2H3. The predicted molar refractivity (Wildman–Crippen MR) is 122 cm³/mol. The van der Waals surface area contributed by atoms with Crippen molar-refractivity contribution in [3.8, 4) is 0 Å². The average molecular weight is 505 g/mol. The molecule has 36 heavy (non-hydrogen) atoms. The maximum Gasteiger partial charge on any atom is 0.416 e. The maximum atomic E-state index is 13.0. The average Bonchev–Trinajstić information content (AvgIpc) is 2.98. The summed E-state index contributed by atoms with van der Waals surface area (Å²) in [5.41, 5.74) is -0.567. The second kappa shape index (κ2) is 10.9. The number of alkyl halides is 3. The van der Waals surface area contributed by atoms with Crippen LogP contribution in [0.2, 0.25) is 0 Å². The van der Waals surface area contributed by atoms with Crippen molar-refractivity contribution in [1.82, 2.24) is 15.5 Å². The lowest BCUT2D eigenvalue weighted by Crippen LogP contribution is -2.54. The Balaban J connectivity index is 0.00000176. The molecule has 4 rings (SSSR count). The number of nitrogens with zero attached hydrogens (tertiary/aromatic N) is 1. The molecule has 8 nitrogen and oxygen atoms in total. The van der Waals surface area contributed by atoms with E-state index < -0.39 is 53.2 Å². The highest BCUT2D eigenvalue weighted by Gasteiger charge is 2.49. The molecule has 11 heteroatoms. The number of amides is 5. The van der Waals surface area contributed by atoms with Crippen molar-refractivity contribution in [2.45, 2.75) is 45.3 Å². The Bertz CT molecular complexity index is 1120. The fourth-order valence-electron chi connectivity index (χ4n) is 4.31. The highest BCUT2D eigenvalue weighted by atomic mass is 19.4. The molecule has 2 heterocycles. The van der Waals surface area contributed by atoms with Gasteiger partial charge in [-0.15, -0.1) is 0 Å². The third-order valence-corrected chi connectivity index (χ3v) is 6.10.